The minimum Gasteiger partial charge on any atom is -0.378 e. The van der Waals surface area contributed by atoms with Crippen LogP contribution < -0.4 is 0 Å². The molecular weight excluding hydrogens is 247 g/mol. The Labute approximate surface area is 111 Å². The quantitative estimate of drug-likeness (QED) is 0.826. The van der Waals surface area contributed by atoms with Crippen molar-refractivity contribution in [2.24, 2.45) is 5.92 Å². The number of carbonyl (C=O) groups excluding carboxylic acids is 1. The SMILES string of the molecule is N#CC(Cc1ccc(F)cc1)C(=O)N1CCOCC1. The van der Waals surface area contributed by atoms with Gasteiger partial charge in [0.1, 0.15) is 11.7 Å². The zero-order chi connectivity index (χ0) is 13.7. The number of ether oxygens (including phenoxy) is 1. The summed E-state index contributed by atoms with van der Waals surface area (Å²) in [5.74, 6) is -1.21. The summed E-state index contributed by atoms with van der Waals surface area (Å²) in [7, 11) is 0. The molecule has 0 N–H and O–H groups in total. The summed E-state index contributed by atoms with van der Waals surface area (Å²) in [6.45, 7) is 2.09. The van der Waals surface area contributed by atoms with E-state index in [9.17, 15) is 9.18 Å². The monoisotopic (exact) mass is 262 g/mol. The number of carbonyl (C=O) groups is 1. The van der Waals surface area contributed by atoms with Gasteiger partial charge in [-0.3, -0.25) is 4.79 Å². The maximum absolute atomic E-state index is 12.8. The molecule has 1 aromatic rings. The average Bonchev–Trinajstić information content (AvgIpc) is 2.47. The van der Waals surface area contributed by atoms with Crippen LogP contribution in [0, 0.1) is 23.1 Å². The van der Waals surface area contributed by atoms with E-state index in [4.69, 9.17) is 10.00 Å². The van der Waals surface area contributed by atoms with Gasteiger partial charge in [-0.1, -0.05) is 12.1 Å². The van der Waals surface area contributed by atoms with Crippen molar-refractivity contribution in [3.63, 3.8) is 0 Å². The predicted octanol–water partition coefficient (Wildman–Crippen LogP) is 1.37. The standard InChI is InChI=1S/C14H15FN2O2/c15-13-3-1-11(2-4-13)9-12(10-16)14(18)17-5-7-19-8-6-17/h1-4,12H,5-9H2. The smallest absolute Gasteiger partial charge is 0.240 e. The van der Waals surface area contributed by atoms with Crippen LogP contribution in [0.2, 0.25) is 0 Å². The highest BCUT2D eigenvalue weighted by atomic mass is 19.1. The molecule has 0 aromatic heterocycles. The van der Waals surface area contributed by atoms with Crippen LogP contribution >= 0.6 is 0 Å². The van der Waals surface area contributed by atoms with E-state index in [-0.39, 0.29) is 11.7 Å². The Bertz CT molecular complexity index is 475. The molecule has 1 heterocycles. The Morgan fingerprint density at radius 3 is 2.58 bits per heavy atom. The lowest BCUT2D eigenvalue weighted by atomic mass is 9.99. The highest BCUT2D eigenvalue weighted by Gasteiger charge is 2.25. The first-order valence-electron chi connectivity index (χ1n) is 6.21. The second kappa shape index (κ2) is 6.30. The van der Waals surface area contributed by atoms with E-state index < -0.39 is 5.92 Å². The fourth-order valence-corrected chi connectivity index (χ4v) is 2.05. The molecular formula is C14H15FN2O2. The maximum Gasteiger partial charge on any atom is 0.240 e. The summed E-state index contributed by atoms with van der Waals surface area (Å²) in [6.07, 6.45) is 0.312. The fraction of sp³-hybridized carbons (Fsp3) is 0.429. The number of hydrogen-bond acceptors (Lipinski definition) is 3. The van der Waals surface area contributed by atoms with Crippen LogP contribution in [0.15, 0.2) is 24.3 Å². The fourth-order valence-electron chi connectivity index (χ4n) is 2.05. The Hall–Kier alpha value is -1.93. The normalized spacial score (nSPS) is 16.7. The molecule has 0 saturated carbocycles. The summed E-state index contributed by atoms with van der Waals surface area (Å²) in [6, 6.07) is 7.92. The van der Waals surface area contributed by atoms with Crippen LogP contribution in [-0.2, 0) is 16.0 Å². The molecule has 5 heteroatoms. The van der Waals surface area contributed by atoms with Gasteiger partial charge in [0.2, 0.25) is 5.91 Å². The molecule has 1 fully saturated rings. The number of rotatable bonds is 3. The van der Waals surface area contributed by atoms with Crippen molar-refractivity contribution < 1.29 is 13.9 Å². The molecule has 0 bridgehead atoms. The number of hydrogen-bond donors (Lipinski definition) is 0. The van der Waals surface area contributed by atoms with E-state index in [0.29, 0.717) is 32.7 Å². The second-order valence-electron chi connectivity index (χ2n) is 4.45. The number of amides is 1. The van der Waals surface area contributed by atoms with E-state index in [2.05, 4.69) is 0 Å². The van der Waals surface area contributed by atoms with Crippen molar-refractivity contribution in [2.75, 3.05) is 26.3 Å². The number of nitrogens with zero attached hydrogens (tertiary/aromatic N) is 2. The maximum atomic E-state index is 12.8. The van der Waals surface area contributed by atoms with Gasteiger partial charge in [0.25, 0.3) is 0 Å². The summed E-state index contributed by atoms with van der Waals surface area (Å²) in [4.78, 5) is 13.8. The van der Waals surface area contributed by atoms with Crippen molar-refractivity contribution in [1.82, 2.24) is 4.90 Å². The third-order valence-corrected chi connectivity index (χ3v) is 3.13. The van der Waals surface area contributed by atoms with Gasteiger partial charge in [0.05, 0.1) is 19.3 Å². The summed E-state index contributed by atoms with van der Waals surface area (Å²) < 4.78 is 18.0. The molecule has 1 aliphatic rings. The minimum atomic E-state index is -0.719. The zero-order valence-electron chi connectivity index (χ0n) is 10.5. The number of benzene rings is 1. The van der Waals surface area contributed by atoms with Gasteiger partial charge in [-0.25, -0.2) is 4.39 Å². The van der Waals surface area contributed by atoms with Gasteiger partial charge >= 0.3 is 0 Å². The molecule has 1 amide bonds. The van der Waals surface area contributed by atoms with E-state index in [1.807, 2.05) is 6.07 Å². The molecule has 100 valence electrons. The van der Waals surface area contributed by atoms with Crippen LogP contribution in [0.3, 0.4) is 0 Å². The van der Waals surface area contributed by atoms with E-state index in [1.165, 1.54) is 12.1 Å². The van der Waals surface area contributed by atoms with Crippen LogP contribution in [-0.4, -0.2) is 37.1 Å². The van der Waals surface area contributed by atoms with Crippen LogP contribution in [0.1, 0.15) is 5.56 Å². The van der Waals surface area contributed by atoms with Crippen LogP contribution in [0.4, 0.5) is 4.39 Å². The van der Waals surface area contributed by atoms with Gasteiger partial charge in [0.15, 0.2) is 0 Å². The predicted molar refractivity (Wildman–Crippen MR) is 66.6 cm³/mol. The molecule has 19 heavy (non-hydrogen) atoms. The molecule has 0 aliphatic carbocycles. The van der Waals surface area contributed by atoms with Crippen molar-refractivity contribution in [3.8, 4) is 6.07 Å². The molecule has 1 aromatic carbocycles. The Kier molecular flexibility index (Phi) is 4.48. The highest BCUT2D eigenvalue weighted by molar-refractivity contribution is 5.81. The zero-order valence-corrected chi connectivity index (χ0v) is 10.5. The first-order chi connectivity index (χ1) is 9.20. The first-order valence-corrected chi connectivity index (χ1v) is 6.21. The lowest BCUT2D eigenvalue weighted by Gasteiger charge is -2.28. The summed E-state index contributed by atoms with van der Waals surface area (Å²) in [5, 5.41) is 9.14. The first kappa shape index (κ1) is 13.5. The molecule has 2 rings (SSSR count). The van der Waals surface area contributed by atoms with Crippen molar-refractivity contribution >= 4 is 5.91 Å². The largest absolute Gasteiger partial charge is 0.378 e. The minimum absolute atomic E-state index is 0.171. The van der Waals surface area contributed by atoms with Gasteiger partial charge < -0.3 is 9.64 Å². The molecule has 1 aliphatic heterocycles. The summed E-state index contributed by atoms with van der Waals surface area (Å²) >= 11 is 0. The van der Waals surface area contributed by atoms with E-state index in [0.717, 1.165) is 5.56 Å². The summed E-state index contributed by atoms with van der Waals surface area (Å²) in [5.41, 5.74) is 0.787. The Morgan fingerprint density at radius 2 is 2.00 bits per heavy atom. The lowest BCUT2D eigenvalue weighted by Crippen LogP contribution is -2.43. The molecule has 1 unspecified atom stereocenters. The molecule has 4 nitrogen and oxygen atoms in total. The Balaban J connectivity index is 2.01. The third-order valence-electron chi connectivity index (χ3n) is 3.13. The average molecular weight is 262 g/mol. The molecule has 0 radical (unpaired) electrons. The highest BCUT2D eigenvalue weighted by Crippen LogP contribution is 2.13. The lowest BCUT2D eigenvalue weighted by molar-refractivity contribution is -0.137. The van der Waals surface area contributed by atoms with Gasteiger partial charge in [-0.05, 0) is 24.1 Å². The van der Waals surface area contributed by atoms with Gasteiger partial charge in [0, 0.05) is 13.1 Å². The van der Waals surface area contributed by atoms with Crippen LogP contribution in [0.5, 0.6) is 0 Å². The molecule has 0 spiro atoms. The molecule has 1 atom stereocenters. The van der Waals surface area contributed by atoms with Gasteiger partial charge in [-0.2, -0.15) is 5.26 Å². The second-order valence-corrected chi connectivity index (χ2v) is 4.45. The number of morpholine rings is 1. The van der Waals surface area contributed by atoms with Gasteiger partial charge in [-0.15, -0.1) is 0 Å². The van der Waals surface area contributed by atoms with Crippen molar-refractivity contribution in [2.45, 2.75) is 6.42 Å². The molecule has 1 saturated heterocycles. The Morgan fingerprint density at radius 1 is 1.37 bits per heavy atom. The van der Waals surface area contributed by atoms with Crippen molar-refractivity contribution in [1.29, 1.82) is 5.26 Å². The number of nitriles is 1. The third kappa shape index (κ3) is 3.52. The van der Waals surface area contributed by atoms with E-state index >= 15 is 0 Å². The topological polar surface area (TPSA) is 53.3 Å². The van der Waals surface area contributed by atoms with Crippen LogP contribution in [0.25, 0.3) is 0 Å². The number of halogens is 1. The van der Waals surface area contributed by atoms with E-state index in [1.54, 1.807) is 17.0 Å². The van der Waals surface area contributed by atoms with Crippen molar-refractivity contribution in [3.05, 3.63) is 35.6 Å².